The van der Waals surface area contributed by atoms with E-state index >= 15 is 0 Å². The van der Waals surface area contributed by atoms with Crippen LogP contribution in [0.5, 0.6) is 0 Å². The molecule has 0 saturated carbocycles. The molecular weight excluding hydrogens is 1370 g/mol. The smallest absolute Gasteiger partial charge is 0.252 e. The maximum atomic E-state index is 9.95. The Balaban J connectivity index is 0.977. The van der Waals surface area contributed by atoms with Crippen LogP contribution in [0.1, 0.15) is 116 Å². The van der Waals surface area contributed by atoms with Gasteiger partial charge in [-0.15, -0.1) is 0 Å². The molecule has 0 atom stereocenters. The molecule has 4 aromatic heterocycles. The maximum Gasteiger partial charge on any atom is 0.252 e. The zero-order valence-electron chi connectivity index (χ0n) is 73.6. The van der Waals surface area contributed by atoms with Gasteiger partial charge in [0.05, 0.1) is 60.8 Å². The van der Waals surface area contributed by atoms with Gasteiger partial charge in [-0.2, -0.15) is 0 Å². The summed E-state index contributed by atoms with van der Waals surface area (Å²) in [6, 6.07) is 94.1. The van der Waals surface area contributed by atoms with Gasteiger partial charge in [-0.25, -0.2) is 0 Å². The van der Waals surface area contributed by atoms with Gasteiger partial charge in [-0.05, 0) is 197 Å². The highest BCUT2D eigenvalue weighted by Crippen LogP contribution is 2.56. The molecule has 15 aromatic carbocycles. The first kappa shape index (κ1) is 60.0. The van der Waals surface area contributed by atoms with Crippen molar-refractivity contribution in [2.45, 2.75) is 105 Å². The van der Waals surface area contributed by atoms with E-state index in [1.165, 1.54) is 27.5 Å². The van der Waals surface area contributed by atoms with Crippen molar-refractivity contribution < 1.29 is 15.4 Å². The van der Waals surface area contributed by atoms with Crippen LogP contribution in [0.3, 0.4) is 0 Å². The highest BCUT2D eigenvalue weighted by molar-refractivity contribution is 7.00. The minimum absolute atomic E-state index is 0.00195. The maximum absolute atomic E-state index is 9.95. The Labute approximate surface area is 672 Å². The minimum Gasteiger partial charge on any atom is -0.456 e. The van der Waals surface area contributed by atoms with E-state index in [1.807, 2.05) is 24.3 Å². The molecule has 113 heavy (non-hydrogen) atoms. The van der Waals surface area contributed by atoms with E-state index in [1.54, 1.807) is 4.57 Å². The Bertz CT molecular complexity index is 7550. The lowest BCUT2D eigenvalue weighted by atomic mass is 9.33. The summed E-state index contributed by atoms with van der Waals surface area (Å²) in [5.41, 5.74) is 26.2. The first-order chi connectivity index (χ1) is 57.9. The molecule has 546 valence electrons. The van der Waals surface area contributed by atoms with Crippen LogP contribution in [0.25, 0.3) is 138 Å². The monoisotopic (exact) mass is 1470 g/mol. The average molecular weight is 1470 g/mol. The van der Waals surface area contributed by atoms with Gasteiger partial charge in [0.2, 0.25) is 0 Å². The van der Waals surface area contributed by atoms with Crippen LogP contribution in [0.2, 0.25) is 0 Å². The summed E-state index contributed by atoms with van der Waals surface area (Å²) < 4.78 is 90.1. The first-order valence-corrected chi connectivity index (χ1v) is 39.4. The Hall–Kier alpha value is -12.8. The van der Waals surface area contributed by atoms with Crippen molar-refractivity contribution in [1.29, 1.82) is 0 Å². The fourth-order valence-corrected chi connectivity index (χ4v) is 18.5. The van der Waals surface area contributed by atoms with E-state index in [0.29, 0.717) is 16.9 Å². The van der Waals surface area contributed by atoms with Crippen molar-refractivity contribution in [2.24, 2.45) is 0 Å². The molecule has 7 heteroatoms. The third kappa shape index (κ3) is 10.6. The predicted octanol–water partition coefficient (Wildman–Crippen LogP) is 27.2. The Morgan fingerprint density at radius 1 is 0.292 bits per heavy atom. The number of anilines is 6. The van der Waals surface area contributed by atoms with E-state index in [-0.39, 0.29) is 55.6 Å². The molecule has 0 bridgehead atoms. The number of para-hydroxylation sites is 5. The van der Waals surface area contributed by atoms with Crippen molar-refractivity contribution >= 4 is 145 Å². The Kier molecular flexibility index (Phi) is 13.2. The van der Waals surface area contributed by atoms with Crippen LogP contribution in [-0.4, -0.2) is 20.4 Å². The van der Waals surface area contributed by atoms with Gasteiger partial charge in [-0.3, -0.25) is 0 Å². The van der Waals surface area contributed by atoms with Gasteiger partial charge in [0.25, 0.3) is 6.71 Å². The summed E-state index contributed by atoms with van der Waals surface area (Å²) in [6.45, 7) is 26.8. The topological polar surface area (TPSA) is 34.4 Å². The molecule has 19 aromatic rings. The van der Waals surface area contributed by atoms with Crippen molar-refractivity contribution in [1.82, 2.24) is 13.7 Å². The SMILES string of the molecule is [2H]c1c([2H])c([2H])c2c(c1[2H])c1c([2H])c([2H])c([2H])c([2H])c1n2-c1ccc2c(c1)N(c1cc(-c3ccccc3)cc3oc4ccccc4c13)c1cc(-c3cccc(C(C)(C)C)c3)cc3c1B2c1ccc(-n2c4ccc(C(C)(C)C)cc4c4cc(C(C)(C)C)ccc42)cc1N3c1c(-c2ccccc2)ccc2c1c1ccccc1n2-c1ccccc1C(C)(C)C. The van der Waals surface area contributed by atoms with Gasteiger partial charge in [-0.1, -0.05) is 289 Å². The fraction of sp³-hybridized carbons (Fsp3) is 0.151. The number of hydrogen-bond donors (Lipinski definition) is 0. The number of furan rings is 1. The van der Waals surface area contributed by atoms with Gasteiger partial charge < -0.3 is 27.9 Å². The third-order valence-electron chi connectivity index (χ3n) is 24.0. The molecule has 0 unspecified atom stereocenters. The molecule has 21 rings (SSSR count). The average Bonchev–Trinajstić information content (AvgIpc) is 1.08. The molecule has 0 radical (unpaired) electrons. The molecule has 0 spiro atoms. The van der Waals surface area contributed by atoms with Crippen molar-refractivity contribution in [2.75, 3.05) is 9.80 Å². The number of benzene rings is 15. The van der Waals surface area contributed by atoms with Gasteiger partial charge in [0.1, 0.15) is 11.2 Å². The Morgan fingerprint density at radius 2 is 0.796 bits per heavy atom. The van der Waals surface area contributed by atoms with Crippen LogP contribution in [-0.2, 0) is 21.7 Å². The third-order valence-corrected chi connectivity index (χ3v) is 24.0. The molecule has 6 heterocycles. The quantitative estimate of drug-likeness (QED) is 0.142. The summed E-state index contributed by atoms with van der Waals surface area (Å²) in [7, 11) is 0. The second-order valence-electron chi connectivity index (χ2n) is 35.1. The molecule has 2 aliphatic heterocycles. The standard InChI is InChI=1S/C106H88BN5O/c1-103(2,3)70-35-29-34-67(56-70)68-58-95-101-96(59-68)112(102-75(66-32-17-14-18-33-66)50-55-91-100(102)78-38-21-26-43-87(78)110(91)90-44-27-23-40-82(90)106(10,11)12)93-64-74(109-88-53-46-71(104(4,5)6)61-80(88)81-62-72(105(7,8)9)47-54-89(81)109)49-52-84(93)107(101)83-51-48-73(108-85-41-24-19-36-76(85)77-37-20-25-42-86(77)108)63-92(83)111(95)94-57-69(65-30-15-13-16-31-65)60-98-99(94)79-39-22-28-45-97(79)113-98/h13-64H,1-12H3/i19D,20D,24D,25D,36D,37D,41D,42D. The zero-order valence-corrected chi connectivity index (χ0v) is 65.6. The van der Waals surface area contributed by atoms with Crippen LogP contribution in [0, 0.1) is 0 Å². The van der Waals surface area contributed by atoms with Crippen molar-refractivity contribution in [3.05, 3.63) is 338 Å². The van der Waals surface area contributed by atoms with E-state index < -0.39 is 43.0 Å². The van der Waals surface area contributed by atoms with Crippen LogP contribution < -0.4 is 26.2 Å². The summed E-state index contributed by atoms with van der Waals surface area (Å²) >= 11 is 0. The van der Waals surface area contributed by atoms with E-state index in [4.69, 9.17) is 7.16 Å². The lowest BCUT2D eigenvalue weighted by Gasteiger charge is -2.45. The number of aromatic nitrogens is 3. The molecular formula is C106H88BN5O. The molecule has 0 saturated heterocycles. The first-order valence-electron chi connectivity index (χ1n) is 43.4. The molecule has 6 nitrogen and oxygen atoms in total. The molecule has 0 N–H and O–H groups in total. The van der Waals surface area contributed by atoms with Gasteiger partial charge in [0.15, 0.2) is 0 Å². The number of rotatable bonds is 8. The lowest BCUT2D eigenvalue weighted by Crippen LogP contribution is -2.61. The summed E-state index contributed by atoms with van der Waals surface area (Å²) in [6.07, 6.45) is 0. The van der Waals surface area contributed by atoms with Crippen molar-refractivity contribution in [3.63, 3.8) is 0 Å². The highest BCUT2D eigenvalue weighted by atomic mass is 16.3. The normalized spacial score (nSPS) is 14.2. The van der Waals surface area contributed by atoms with E-state index in [9.17, 15) is 8.22 Å². The highest BCUT2D eigenvalue weighted by Gasteiger charge is 2.46. The number of nitrogens with zero attached hydrogens (tertiary/aromatic N) is 5. The number of hydrogen-bond acceptors (Lipinski definition) is 3. The molecule has 0 amide bonds. The molecule has 0 fully saturated rings. The second-order valence-corrected chi connectivity index (χ2v) is 35.1. The van der Waals surface area contributed by atoms with E-state index in [2.05, 4.69) is 345 Å². The summed E-state index contributed by atoms with van der Waals surface area (Å²) in [4.78, 5) is 5.03. The van der Waals surface area contributed by atoms with Crippen LogP contribution >= 0.6 is 0 Å². The summed E-state index contributed by atoms with van der Waals surface area (Å²) in [5.74, 6) is 0. The van der Waals surface area contributed by atoms with Crippen LogP contribution in [0.15, 0.2) is 320 Å². The van der Waals surface area contributed by atoms with Gasteiger partial charge in [0, 0.05) is 83.1 Å². The van der Waals surface area contributed by atoms with Crippen LogP contribution in [0.4, 0.5) is 34.1 Å². The second kappa shape index (κ2) is 24.8. The van der Waals surface area contributed by atoms with Gasteiger partial charge >= 0.3 is 0 Å². The predicted molar refractivity (Wildman–Crippen MR) is 482 cm³/mol. The molecule has 0 aliphatic carbocycles. The Morgan fingerprint density at radius 3 is 1.43 bits per heavy atom. The summed E-state index contributed by atoms with van der Waals surface area (Å²) in [5, 5.41) is 6.22. The zero-order chi connectivity index (χ0) is 83.8. The van der Waals surface area contributed by atoms with Crippen molar-refractivity contribution in [3.8, 4) is 50.4 Å². The minimum atomic E-state index is -0.566. The molecule has 2 aliphatic rings. The largest absolute Gasteiger partial charge is 0.456 e. The fourth-order valence-electron chi connectivity index (χ4n) is 18.5. The number of fused-ring (bicyclic) bond motifs is 16. The lowest BCUT2D eigenvalue weighted by molar-refractivity contribution is 0.587. The van der Waals surface area contributed by atoms with E-state index in [0.717, 1.165) is 144 Å².